The summed E-state index contributed by atoms with van der Waals surface area (Å²) in [7, 11) is 0. The Morgan fingerprint density at radius 2 is 1.88 bits per heavy atom. The number of aliphatic hydroxyl groups excluding tert-OH is 1. The fourth-order valence-corrected chi connectivity index (χ4v) is 6.04. The number of thiophene rings is 1. The molecule has 40 heavy (non-hydrogen) atoms. The largest absolute Gasteiger partial charge is 0.456 e. The third-order valence-corrected chi connectivity index (χ3v) is 7.94. The molecule has 0 aliphatic carbocycles. The lowest BCUT2D eigenvalue weighted by Gasteiger charge is -2.19. The minimum atomic E-state index is -0.605. The summed E-state index contributed by atoms with van der Waals surface area (Å²) in [5, 5.41) is 14.2. The van der Waals surface area contributed by atoms with Crippen molar-refractivity contribution in [2.75, 3.05) is 11.9 Å². The highest BCUT2D eigenvalue weighted by atomic mass is 32.2. The third-order valence-electron chi connectivity index (χ3n) is 5.68. The lowest BCUT2D eigenvalue weighted by Crippen LogP contribution is -2.31. The van der Waals surface area contributed by atoms with Crippen LogP contribution in [0.3, 0.4) is 0 Å². The van der Waals surface area contributed by atoms with Gasteiger partial charge in [-0.3, -0.25) is 14.5 Å². The monoisotopic (exact) mass is 598 g/mol. The first-order valence-electron chi connectivity index (χ1n) is 12.3. The van der Waals surface area contributed by atoms with Crippen molar-refractivity contribution < 1.29 is 28.6 Å². The van der Waals surface area contributed by atoms with Gasteiger partial charge >= 0.3 is 5.97 Å². The maximum Gasteiger partial charge on any atom is 0.338 e. The van der Waals surface area contributed by atoms with Crippen molar-refractivity contribution >= 4 is 69.2 Å². The summed E-state index contributed by atoms with van der Waals surface area (Å²) in [5.74, 6) is -1.45. The van der Waals surface area contributed by atoms with E-state index in [1.54, 1.807) is 57.2 Å². The smallest absolute Gasteiger partial charge is 0.338 e. The molecule has 1 saturated heterocycles. The van der Waals surface area contributed by atoms with Gasteiger partial charge in [0.2, 0.25) is 5.91 Å². The number of esters is 1. The first-order valence-corrected chi connectivity index (χ1v) is 14.4. The molecule has 7 nitrogen and oxygen atoms in total. The van der Waals surface area contributed by atoms with Crippen LogP contribution in [0.25, 0.3) is 17.2 Å². The lowest BCUT2D eigenvalue weighted by molar-refractivity contribution is -0.122. The van der Waals surface area contributed by atoms with E-state index < -0.39 is 17.4 Å². The maximum atomic E-state index is 13.5. The van der Waals surface area contributed by atoms with Crippen molar-refractivity contribution in [3.8, 4) is 11.1 Å². The highest BCUT2D eigenvalue weighted by molar-refractivity contribution is 8.26. The Morgan fingerprint density at radius 3 is 2.55 bits per heavy atom. The van der Waals surface area contributed by atoms with E-state index in [1.807, 2.05) is 11.4 Å². The minimum absolute atomic E-state index is 0.0329. The Hall–Kier alpha value is -3.38. The second kappa shape index (κ2) is 12.4. The number of thioether (sulfide) groups is 1. The van der Waals surface area contributed by atoms with Crippen LogP contribution in [0.1, 0.15) is 48.0 Å². The number of amides is 2. The predicted molar refractivity (Wildman–Crippen MR) is 160 cm³/mol. The van der Waals surface area contributed by atoms with Gasteiger partial charge in [0.15, 0.2) is 0 Å². The highest BCUT2D eigenvalue weighted by Crippen LogP contribution is 2.36. The van der Waals surface area contributed by atoms with E-state index in [0.717, 1.165) is 16.0 Å². The zero-order valence-electron chi connectivity index (χ0n) is 22.0. The first-order chi connectivity index (χ1) is 18.9. The number of nitrogens with zero attached hydrogens (tertiary/aromatic N) is 1. The maximum absolute atomic E-state index is 13.5. The first kappa shape index (κ1) is 29.6. The van der Waals surface area contributed by atoms with Crippen LogP contribution in [0.4, 0.5) is 10.1 Å². The lowest BCUT2D eigenvalue weighted by atomic mass is 10.0. The van der Waals surface area contributed by atoms with Crippen molar-refractivity contribution in [1.29, 1.82) is 0 Å². The van der Waals surface area contributed by atoms with Gasteiger partial charge in [-0.15, -0.1) is 11.3 Å². The van der Waals surface area contributed by atoms with E-state index in [9.17, 15) is 23.9 Å². The van der Waals surface area contributed by atoms with Crippen molar-refractivity contribution in [1.82, 2.24) is 4.90 Å². The van der Waals surface area contributed by atoms with Crippen LogP contribution < -0.4 is 5.32 Å². The summed E-state index contributed by atoms with van der Waals surface area (Å²) < 4.78 is 19.2. The van der Waals surface area contributed by atoms with Crippen molar-refractivity contribution in [2.45, 2.75) is 39.4 Å². The molecule has 11 heteroatoms. The molecule has 1 aromatic heterocycles. The number of hydrogen-bond acceptors (Lipinski definition) is 8. The van der Waals surface area contributed by atoms with Crippen LogP contribution >= 0.6 is 35.3 Å². The molecular formula is C29H27FN2O5S3. The molecule has 2 aromatic carbocycles. The quantitative estimate of drug-likeness (QED) is 0.180. The highest BCUT2D eigenvalue weighted by Gasteiger charge is 2.32. The predicted octanol–water partition coefficient (Wildman–Crippen LogP) is 6.23. The molecular weight excluding hydrogens is 572 g/mol. The van der Waals surface area contributed by atoms with Gasteiger partial charge < -0.3 is 15.2 Å². The Balaban J connectivity index is 1.34. The molecule has 4 rings (SSSR count). The minimum Gasteiger partial charge on any atom is -0.456 e. The van der Waals surface area contributed by atoms with Gasteiger partial charge in [-0.2, -0.15) is 0 Å². The fourth-order valence-electron chi connectivity index (χ4n) is 3.83. The number of nitrogens with one attached hydrogen (secondary N) is 1. The summed E-state index contributed by atoms with van der Waals surface area (Å²) in [5.41, 5.74) is 2.30. The summed E-state index contributed by atoms with van der Waals surface area (Å²) in [6, 6.07) is 12.5. The van der Waals surface area contributed by atoms with E-state index in [1.165, 1.54) is 40.1 Å². The summed E-state index contributed by atoms with van der Waals surface area (Å²) >= 11 is 7.96. The second-order valence-electron chi connectivity index (χ2n) is 9.91. The van der Waals surface area contributed by atoms with E-state index in [0.29, 0.717) is 26.0 Å². The van der Waals surface area contributed by atoms with Crippen LogP contribution in [-0.2, 0) is 20.9 Å². The van der Waals surface area contributed by atoms with Gasteiger partial charge in [-0.25, -0.2) is 9.18 Å². The van der Waals surface area contributed by atoms with Gasteiger partial charge in [-0.1, -0.05) is 30.0 Å². The molecule has 2 N–H and O–H groups in total. The van der Waals surface area contributed by atoms with Crippen LogP contribution in [-0.4, -0.2) is 44.3 Å². The van der Waals surface area contributed by atoms with Gasteiger partial charge in [0.1, 0.15) is 15.7 Å². The fraction of sp³-hybridized carbons (Fsp3) is 0.241. The number of aliphatic hydroxyl groups is 1. The molecule has 3 aromatic rings. The Kier molecular flexibility index (Phi) is 9.19. The number of halogens is 1. The van der Waals surface area contributed by atoms with Crippen LogP contribution in [0.5, 0.6) is 0 Å². The molecule has 0 bridgehead atoms. The Bertz CT molecular complexity index is 1490. The van der Waals surface area contributed by atoms with Crippen molar-refractivity contribution in [2.24, 2.45) is 0 Å². The molecule has 1 fully saturated rings. The molecule has 0 atom stereocenters. The summed E-state index contributed by atoms with van der Waals surface area (Å²) in [4.78, 5) is 40.3. The Labute approximate surface area is 245 Å². The van der Waals surface area contributed by atoms with Gasteiger partial charge in [0.25, 0.3) is 5.91 Å². The molecule has 1 aliphatic rings. The van der Waals surface area contributed by atoms with Crippen LogP contribution in [0, 0.1) is 5.82 Å². The number of carbonyl (C=O) groups is 3. The average molecular weight is 599 g/mol. The average Bonchev–Trinajstić information content (AvgIpc) is 3.45. The Morgan fingerprint density at radius 1 is 1.15 bits per heavy atom. The number of rotatable bonds is 8. The number of carbonyl (C=O) groups excluding carboxylic acids is 3. The second-order valence-corrected chi connectivity index (χ2v) is 12.5. The van der Waals surface area contributed by atoms with E-state index in [-0.39, 0.29) is 31.4 Å². The molecule has 2 heterocycles. The SMILES string of the molecule is CC(C)(C)OC(=O)c1ccc(NC(=O)CCN2C(=O)C(=Cc3cc(-c4ccc(F)cc4CO)cs3)SC2=S)cc1. The van der Waals surface area contributed by atoms with Gasteiger partial charge in [-0.05, 0) is 91.4 Å². The normalized spacial score (nSPS) is 14.6. The van der Waals surface area contributed by atoms with Crippen LogP contribution in [0.2, 0.25) is 0 Å². The molecule has 2 amide bonds. The summed E-state index contributed by atoms with van der Waals surface area (Å²) in [6.45, 7) is 5.19. The molecule has 0 unspecified atom stereocenters. The topological polar surface area (TPSA) is 95.9 Å². The van der Waals surface area contributed by atoms with Crippen LogP contribution in [0.15, 0.2) is 58.8 Å². The van der Waals surface area contributed by atoms with E-state index in [2.05, 4.69) is 5.32 Å². The van der Waals surface area contributed by atoms with Gasteiger partial charge in [0, 0.05) is 23.5 Å². The number of hydrogen-bond donors (Lipinski definition) is 2. The van der Waals surface area contributed by atoms with E-state index in [4.69, 9.17) is 17.0 Å². The molecule has 208 valence electrons. The molecule has 1 aliphatic heterocycles. The summed E-state index contributed by atoms with van der Waals surface area (Å²) in [6.07, 6.45) is 1.77. The van der Waals surface area contributed by atoms with Crippen molar-refractivity contribution in [3.05, 3.63) is 80.6 Å². The van der Waals surface area contributed by atoms with Crippen molar-refractivity contribution in [3.63, 3.8) is 0 Å². The number of ether oxygens (including phenoxy) is 1. The zero-order chi connectivity index (χ0) is 29.0. The standard InChI is InChI=1S/C29H27FN2O5S3/c1-29(2,3)37-27(36)17-4-7-21(8-5-17)31-25(34)10-11-32-26(35)24(40-28(32)38)14-22-13-19(16-39-22)23-9-6-20(30)12-18(23)15-33/h4-9,12-14,16,33H,10-11,15H2,1-3H3,(H,31,34). The number of benzene rings is 2. The molecule has 0 radical (unpaired) electrons. The molecule has 0 spiro atoms. The van der Waals surface area contributed by atoms with Gasteiger partial charge in [0.05, 0.1) is 17.1 Å². The zero-order valence-corrected chi connectivity index (χ0v) is 24.5. The number of anilines is 1. The molecule has 0 saturated carbocycles. The van der Waals surface area contributed by atoms with E-state index >= 15 is 0 Å². The third kappa shape index (κ3) is 7.42. The number of thiocarbonyl (C=S) groups is 1.